The van der Waals surface area contributed by atoms with Crippen LogP contribution in [0.2, 0.25) is 0 Å². The van der Waals surface area contributed by atoms with E-state index in [9.17, 15) is 4.79 Å². The number of rotatable bonds is 17. The molecular formula is C21H42O2. The molecule has 0 aromatic heterocycles. The number of carbonyl (C=O) groups is 1. The fraction of sp³-hybridized carbons (Fsp3) is 0.857. The van der Waals surface area contributed by atoms with Crippen LogP contribution in [0.1, 0.15) is 117 Å². The molecule has 1 N–H and O–H groups in total. The normalized spacial score (nSPS) is 10.8. The Morgan fingerprint density at radius 2 is 1.04 bits per heavy atom. The van der Waals surface area contributed by atoms with Gasteiger partial charge in [-0.2, -0.15) is 0 Å². The Balaban J connectivity index is 0. The average Bonchev–Trinajstić information content (AvgIpc) is 2.50. The van der Waals surface area contributed by atoms with Gasteiger partial charge in [0.25, 0.3) is 0 Å². The summed E-state index contributed by atoms with van der Waals surface area (Å²) in [4.78, 5) is 10.3. The smallest absolute Gasteiger partial charge is 0.327 e. The van der Waals surface area contributed by atoms with E-state index in [1.807, 2.05) is 0 Å². The second kappa shape index (κ2) is 21.2. The van der Waals surface area contributed by atoms with E-state index in [0.29, 0.717) is 0 Å². The van der Waals surface area contributed by atoms with Crippen LogP contribution in [0, 0.1) is 0 Å². The topological polar surface area (TPSA) is 37.3 Å². The molecule has 0 radical (unpaired) electrons. The molecule has 0 atom stereocenters. The summed E-state index contributed by atoms with van der Waals surface area (Å²) in [7, 11) is 0. The summed E-state index contributed by atoms with van der Waals surface area (Å²) in [6, 6.07) is 0. The van der Waals surface area contributed by atoms with Gasteiger partial charge in [0.15, 0.2) is 0 Å². The molecule has 0 aliphatic carbocycles. The predicted octanol–water partition coefficient (Wildman–Crippen LogP) is 7.52. The number of unbranched alkanes of at least 4 members (excludes halogenated alkanes) is 15. The maximum atomic E-state index is 10.3. The third-order valence-corrected chi connectivity index (χ3v) is 4.23. The van der Waals surface area contributed by atoms with Crippen LogP contribution in [0.5, 0.6) is 0 Å². The highest BCUT2D eigenvalue weighted by Gasteiger charge is 1.94. The summed E-state index contributed by atoms with van der Waals surface area (Å²) in [5, 5.41) is 8.45. The highest BCUT2D eigenvalue weighted by Crippen LogP contribution is 2.13. The fourth-order valence-corrected chi connectivity index (χ4v) is 2.82. The predicted molar refractivity (Wildman–Crippen MR) is 103 cm³/mol. The first kappa shape index (κ1) is 24.5. The molecule has 0 aromatic rings. The molecule has 0 saturated heterocycles. The quantitative estimate of drug-likeness (QED) is 0.221. The summed E-state index contributed by atoms with van der Waals surface area (Å²) in [5.41, 5.74) is 0. The Labute approximate surface area is 145 Å². The lowest BCUT2D eigenvalue weighted by Gasteiger charge is -2.03. The molecular weight excluding hydrogens is 284 g/mol. The molecule has 0 heterocycles. The summed E-state index contributed by atoms with van der Waals surface area (Å²) < 4.78 is 0. The van der Waals surface area contributed by atoms with Gasteiger partial charge in [-0.05, 0) is 12.8 Å². The van der Waals surface area contributed by atoms with Crippen LogP contribution in [0.15, 0.2) is 12.2 Å². The van der Waals surface area contributed by atoms with Gasteiger partial charge in [0.1, 0.15) is 0 Å². The van der Waals surface area contributed by atoms with E-state index in [2.05, 4.69) is 6.92 Å². The van der Waals surface area contributed by atoms with Gasteiger partial charge < -0.3 is 5.11 Å². The van der Waals surface area contributed by atoms with E-state index in [0.717, 1.165) is 12.8 Å². The second-order valence-electron chi connectivity index (χ2n) is 6.48. The number of hydrogen-bond acceptors (Lipinski definition) is 1. The van der Waals surface area contributed by atoms with Crippen molar-refractivity contribution in [3.05, 3.63) is 12.2 Å². The molecule has 2 heteroatoms. The first-order valence-electron chi connectivity index (χ1n) is 9.67. The number of carboxylic acids is 1. The maximum Gasteiger partial charge on any atom is 0.327 e. The average molecular weight is 327 g/mol. The van der Waals surface area contributed by atoms with Crippen molar-refractivity contribution in [1.82, 2.24) is 0 Å². The van der Waals surface area contributed by atoms with Crippen molar-refractivity contribution < 1.29 is 9.90 Å². The Morgan fingerprint density at radius 1 is 0.696 bits per heavy atom. The van der Waals surface area contributed by atoms with E-state index >= 15 is 0 Å². The van der Waals surface area contributed by atoms with Gasteiger partial charge in [0.2, 0.25) is 0 Å². The maximum absolute atomic E-state index is 10.3. The zero-order valence-electron chi connectivity index (χ0n) is 14.8. The third-order valence-electron chi connectivity index (χ3n) is 4.23. The van der Waals surface area contributed by atoms with Crippen molar-refractivity contribution in [1.29, 1.82) is 0 Å². The van der Waals surface area contributed by atoms with Gasteiger partial charge in [0, 0.05) is 6.08 Å². The molecule has 0 aliphatic rings. The summed E-state index contributed by atoms with van der Waals surface area (Å²) >= 11 is 0. The van der Waals surface area contributed by atoms with Gasteiger partial charge in [-0.3, -0.25) is 0 Å². The molecule has 0 unspecified atom stereocenters. The van der Waals surface area contributed by atoms with E-state index in [1.54, 1.807) is 6.08 Å². The summed E-state index contributed by atoms with van der Waals surface area (Å²) in [6.45, 7) is 2.27. The van der Waals surface area contributed by atoms with Crippen molar-refractivity contribution >= 4 is 5.97 Å². The highest BCUT2D eigenvalue weighted by molar-refractivity contribution is 5.79. The van der Waals surface area contributed by atoms with Gasteiger partial charge >= 0.3 is 5.97 Å². The van der Waals surface area contributed by atoms with E-state index < -0.39 is 5.97 Å². The molecule has 2 nitrogen and oxygen atoms in total. The van der Waals surface area contributed by atoms with E-state index in [1.165, 1.54) is 96.0 Å². The molecule has 0 rings (SSSR count). The lowest BCUT2D eigenvalue weighted by atomic mass is 10.0. The van der Waals surface area contributed by atoms with Crippen LogP contribution in [0.3, 0.4) is 0 Å². The molecule has 23 heavy (non-hydrogen) atoms. The van der Waals surface area contributed by atoms with Crippen LogP contribution >= 0.6 is 0 Å². The zero-order chi connectivity index (χ0) is 16.3. The van der Waals surface area contributed by atoms with Crippen LogP contribution in [0.25, 0.3) is 0 Å². The molecule has 0 spiro atoms. The minimum atomic E-state index is -0.832. The Hall–Kier alpha value is -0.790. The van der Waals surface area contributed by atoms with Crippen LogP contribution in [-0.4, -0.2) is 11.1 Å². The molecule has 0 bridgehead atoms. The van der Waals surface area contributed by atoms with Crippen LogP contribution in [-0.2, 0) is 4.79 Å². The lowest BCUT2D eigenvalue weighted by Crippen LogP contribution is -1.86. The monoisotopic (exact) mass is 326 g/mol. The molecule has 0 aromatic carbocycles. The molecule has 0 saturated carbocycles. The number of aliphatic carboxylic acids is 1. The zero-order valence-corrected chi connectivity index (χ0v) is 14.8. The van der Waals surface area contributed by atoms with Crippen molar-refractivity contribution in [2.75, 3.05) is 0 Å². The largest absolute Gasteiger partial charge is 0.478 e. The lowest BCUT2D eigenvalue weighted by molar-refractivity contribution is -0.131. The first-order chi connectivity index (χ1) is 10.8. The van der Waals surface area contributed by atoms with Crippen LogP contribution in [0.4, 0.5) is 0 Å². The second-order valence-corrected chi connectivity index (χ2v) is 6.48. The van der Waals surface area contributed by atoms with Gasteiger partial charge in [-0.1, -0.05) is 110 Å². The van der Waals surface area contributed by atoms with Gasteiger partial charge in [0.05, 0.1) is 0 Å². The van der Waals surface area contributed by atoms with E-state index in [4.69, 9.17) is 5.11 Å². The fourth-order valence-electron chi connectivity index (χ4n) is 2.82. The Kier molecular flexibility index (Phi) is 22.6. The summed E-state index contributed by atoms with van der Waals surface area (Å²) in [6.07, 6.45) is 24.5. The minimum absolute atomic E-state index is 0. The molecule has 0 fully saturated rings. The Morgan fingerprint density at radius 3 is 1.39 bits per heavy atom. The van der Waals surface area contributed by atoms with Crippen molar-refractivity contribution in [3.63, 3.8) is 0 Å². The molecule has 138 valence electrons. The van der Waals surface area contributed by atoms with Gasteiger partial charge in [-0.25, -0.2) is 4.79 Å². The highest BCUT2D eigenvalue weighted by atomic mass is 16.4. The van der Waals surface area contributed by atoms with Crippen LogP contribution < -0.4 is 0 Å². The van der Waals surface area contributed by atoms with Crippen molar-refractivity contribution in [2.24, 2.45) is 0 Å². The van der Waals surface area contributed by atoms with Gasteiger partial charge in [-0.15, -0.1) is 0 Å². The SMILES string of the molecule is C.CCCCCCCCCCCCCCCCCC=CC(=O)O. The third kappa shape index (κ3) is 23.6. The van der Waals surface area contributed by atoms with Crippen molar-refractivity contribution in [2.45, 2.75) is 117 Å². The number of hydrogen-bond donors (Lipinski definition) is 1. The summed E-state index contributed by atoms with van der Waals surface area (Å²) in [5.74, 6) is -0.832. The first-order valence-corrected chi connectivity index (χ1v) is 9.67. The number of allylic oxidation sites excluding steroid dienone is 1. The Bertz CT molecular complexity index is 259. The minimum Gasteiger partial charge on any atom is -0.478 e. The standard InChI is InChI=1S/C20H38O2.CH4/c1-2-3-4-5-6-7-8-9-10-11-12-13-14-15-16-17-18-19-20(21)22;/h18-19H,2-17H2,1H3,(H,21,22);1H4. The molecule has 0 aliphatic heterocycles. The van der Waals surface area contributed by atoms with E-state index in [-0.39, 0.29) is 7.43 Å². The number of carboxylic acid groups (broad SMARTS) is 1. The van der Waals surface area contributed by atoms with Crippen molar-refractivity contribution in [3.8, 4) is 0 Å². The molecule has 0 amide bonds.